The fourth-order valence-corrected chi connectivity index (χ4v) is 2.02. The third-order valence-electron chi connectivity index (χ3n) is 3.01. The lowest BCUT2D eigenvalue weighted by Crippen LogP contribution is -2.47. The van der Waals surface area contributed by atoms with Gasteiger partial charge in [-0.3, -0.25) is 9.59 Å². The summed E-state index contributed by atoms with van der Waals surface area (Å²) in [6, 6.07) is 0.343. The monoisotopic (exact) mass is 236 g/mol. The highest BCUT2D eigenvalue weighted by Gasteiger charge is 2.24. The van der Waals surface area contributed by atoms with E-state index in [1.54, 1.807) is 4.90 Å². The minimum atomic E-state index is -0.298. The Morgan fingerprint density at radius 3 is 3.12 bits per heavy atom. The maximum absolute atomic E-state index is 12.1. The van der Waals surface area contributed by atoms with Crippen LogP contribution in [0.25, 0.3) is 0 Å². The summed E-state index contributed by atoms with van der Waals surface area (Å²) in [6.45, 7) is 1.44. The van der Waals surface area contributed by atoms with Gasteiger partial charge in [0.05, 0.1) is 6.20 Å². The number of aromatic amines is 1. The number of piperidine rings is 1. The van der Waals surface area contributed by atoms with Crippen LogP contribution in [-0.2, 0) is 0 Å². The largest absolute Gasteiger partial charge is 0.336 e. The Labute approximate surface area is 99.1 Å². The summed E-state index contributed by atoms with van der Waals surface area (Å²) < 4.78 is 0. The van der Waals surface area contributed by atoms with Gasteiger partial charge in [-0.05, 0) is 19.9 Å². The van der Waals surface area contributed by atoms with E-state index in [-0.39, 0.29) is 11.5 Å². The van der Waals surface area contributed by atoms with Crippen molar-refractivity contribution < 1.29 is 4.79 Å². The molecule has 2 rings (SSSR count). The maximum atomic E-state index is 12.1. The molecule has 6 nitrogen and oxygen atoms in total. The van der Waals surface area contributed by atoms with Gasteiger partial charge in [0.15, 0.2) is 0 Å². The van der Waals surface area contributed by atoms with Crippen LogP contribution in [0, 0.1) is 0 Å². The summed E-state index contributed by atoms with van der Waals surface area (Å²) in [5, 5.41) is 3.18. The number of aromatic nitrogens is 2. The van der Waals surface area contributed by atoms with Gasteiger partial charge in [0.2, 0.25) is 0 Å². The normalized spacial score (nSPS) is 20.3. The number of rotatable bonds is 2. The smallest absolute Gasteiger partial charge is 0.274 e. The average molecular weight is 236 g/mol. The van der Waals surface area contributed by atoms with Gasteiger partial charge in [-0.2, -0.15) is 0 Å². The third-order valence-corrected chi connectivity index (χ3v) is 3.01. The molecule has 1 amide bonds. The lowest BCUT2D eigenvalue weighted by Gasteiger charge is -2.32. The average Bonchev–Trinajstić information content (AvgIpc) is 2.39. The van der Waals surface area contributed by atoms with E-state index in [9.17, 15) is 9.59 Å². The number of hydrogen-bond donors (Lipinski definition) is 2. The van der Waals surface area contributed by atoms with Crippen molar-refractivity contribution in [3.05, 3.63) is 28.4 Å². The second-order valence-electron chi connectivity index (χ2n) is 4.18. The van der Waals surface area contributed by atoms with Crippen molar-refractivity contribution in [3.8, 4) is 0 Å². The lowest BCUT2D eigenvalue weighted by molar-refractivity contribution is 0.0691. The van der Waals surface area contributed by atoms with Gasteiger partial charge >= 0.3 is 0 Å². The highest BCUT2D eigenvalue weighted by atomic mass is 16.2. The first-order valence-electron chi connectivity index (χ1n) is 5.72. The van der Waals surface area contributed by atoms with E-state index in [2.05, 4.69) is 15.3 Å². The van der Waals surface area contributed by atoms with Gasteiger partial charge in [0.1, 0.15) is 5.69 Å². The van der Waals surface area contributed by atoms with Crippen molar-refractivity contribution in [2.75, 3.05) is 20.1 Å². The van der Waals surface area contributed by atoms with Crippen LogP contribution in [0.5, 0.6) is 0 Å². The van der Waals surface area contributed by atoms with Gasteiger partial charge in [-0.25, -0.2) is 4.98 Å². The van der Waals surface area contributed by atoms with Gasteiger partial charge in [-0.15, -0.1) is 0 Å². The van der Waals surface area contributed by atoms with E-state index in [1.807, 2.05) is 7.05 Å². The van der Waals surface area contributed by atoms with Gasteiger partial charge < -0.3 is 15.2 Å². The van der Waals surface area contributed by atoms with E-state index < -0.39 is 0 Å². The molecule has 1 aromatic heterocycles. The second kappa shape index (κ2) is 5.09. The van der Waals surface area contributed by atoms with Crippen molar-refractivity contribution in [1.82, 2.24) is 20.2 Å². The fourth-order valence-electron chi connectivity index (χ4n) is 2.02. The molecule has 0 radical (unpaired) electrons. The van der Waals surface area contributed by atoms with Crippen LogP contribution in [0.15, 0.2) is 17.2 Å². The van der Waals surface area contributed by atoms with Gasteiger partial charge in [0.25, 0.3) is 11.5 Å². The number of hydrogen-bond acceptors (Lipinski definition) is 4. The molecule has 1 aliphatic heterocycles. The van der Waals surface area contributed by atoms with Crippen LogP contribution < -0.4 is 10.9 Å². The molecule has 0 spiro atoms. The highest BCUT2D eigenvalue weighted by Crippen LogP contribution is 2.11. The van der Waals surface area contributed by atoms with Crippen molar-refractivity contribution in [3.63, 3.8) is 0 Å². The van der Waals surface area contributed by atoms with Gasteiger partial charge in [0, 0.05) is 25.3 Å². The van der Waals surface area contributed by atoms with E-state index >= 15 is 0 Å². The van der Waals surface area contributed by atoms with E-state index in [0.717, 1.165) is 25.6 Å². The molecule has 1 atom stereocenters. The number of nitrogens with one attached hydrogen (secondary N) is 2. The minimum absolute atomic E-state index is 0.124. The predicted molar refractivity (Wildman–Crippen MR) is 62.8 cm³/mol. The number of amides is 1. The number of H-pyrrole nitrogens is 1. The molecule has 2 heterocycles. The highest BCUT2D eigenvalue weighted by molar-refractivity contribution is 5.92. The summed E-state index contributed by atoms with van der Waals surface area (Å²) in [5.41, 5.74) is -0.00495. The molecule has 1 unspecified atom stereocenters. The Bertz CT molecular complexity index is 437. The quantitative estimate of drug-likeness (QED) is 0.732. The predicted octanol–water partition coefficient (Wildman–Crippen LogP) is -0.406. The van der Waals surface area contributed by atoms with Crippen LogP contribution in [0.4, 0.5) is 0 Å². The Hall–Kier alpha value is -1.69. The first-order valence-corrected chi connectivity index (χ1v) is 5.72. The molecule has 2 N–H and O–H groups in total. The number of likely N-dealkylation sites (N-methyl/N-ethyl adjacent to an activating group) is 1. The van der Waals surface area contributed by atoms with Crippen LogP contribution in [0.2, 0.25) is 0 Å². The summed E-state index contributed by atoms with van der Waals surface area (Å²) in [5.74, 6) is -0.124. The number of likely N-dealkylation sites (tertiary alicyclic amines) is 1. The molecule has 17 heavy (non-hydrogen) atoms. The van der Waals surface area contributed by atoms with Crippen LogP contribution >= 0.6 is 0 Å². The molecule has 0 aliphatic carbocycles. The van der Waals surface area contributed by atoms with Crippen LogP contribution in [-0.4, -0.2) is 47.0 Å². The molecule has 1 saturated heterocycles. The maximum Gasteiger partial charge on any atom is 0.274 e. The topological polar surface area (TPSA) is 78.1 Å². The van der Waals surface area contributed by atoms with Crippen molar-refractivity contribution in [2.45, 2.75) is 18.9 Å². The molecule has 92 valence electrons. The van der Waals surface area contributed by atoms with Crippen molar-refractivity contribution in [1.29, 1.82) is 0 Å². The molecule has 0 bridgehead atoms. The zero-order chi connectivity index (χ0) is 12.3. The van der Waals surface area contributed by atoms with Crippen LogP contribution in [0.3, 0.4) is 0 Å². The molecule has 1 aliphatic rings. The molecular weight excluding hydrogens is 220 g/mol. The molecule has 1 aromatic rings. The molecular formula is C11H16N4O2. The Morgan fingerprint density at radius 1 is 1.65 bits per heavy atom. The van der Waals surface area contributed by atoms with E-state index in [0.29, 0.717) is 18.3 Å². The van der Waals surface area contributed by atoms with Crippen molar-refractivity contribution >= 4 is 5.91 Å². The zero-order valence-corrected chi connectivity index (χ0v) is 9.77. The molecule has 0 saturated carbocycles. The zero-order valence-electron chi connectivity index (χ0n) is 9.77. The van der Waals surface area contributed by atoms with Gasteiger partial charge in [-0.1, -0.05) is 0 Å². The Balaban J connectivity index is 2.09. The molecule has 6 heteroatoms. The third kappa shape index (κ3) is 2.71. The molecule has 1 fully saturated rings. The second-order valence-corrected chi connectivity index (χ2v) is 4.18. The van der Waals surface area contributed by atoms with E-state index in [4.69, 9.17) is 0 Å². The summed E-state index contributed by atoms with van der Waals surface area (Å²) in [4.78, 5) is 31.0. The number of carbonyl (C=O) groups excluding carboxylic acids is 1. The Morgan fingerprint density at radius 2 is 2.47 bits per heavy atom. The van der Waals surface area contributed by atoms with Crippen LogP contribution in [0.1, 0.15) is 23.3 Å². The van der Waals surface area contributed by atoms with Crippen molar-refractivity contribution in [2.24, 2.45) is 0 Å². The fraction of sp³-hybridized carbons (Fsp3) is 0.545. The SMILES string of the molecule is CNC1CCCN(C(=O)c2c[nH]c(=O)cn2)C1. The number of nitrogens with zero attached hydrogens (tertiary/aromatic N) is 2. The molecule has 0 aromatic carbocycles. The Kier molecular flexibility index (Phi) is 3.53. The summed E-state index contributed by atoms with van der Waals surface area (Å²) in [6.07, 6.45) is 4.57. The summed E-state index contributed by atoms with van der Waals surface area (Å²) >= 11 is 0. The first kappa shape index (κ1) is 11.8. The van der Waals surface area contributed by atoms with E-state index in [1.165, 1.54) is 6.20 Å². The summed E-state index contributed by atoms with van der Waals surface area (Å²) in [7, 11) is 1.90. The first-order chi connectivity index (χ1) is 8.20. The minimum Gasteiger partial charge on any atom is -0.336 e. The number of carbonyl (C=O) groups is 1. The standard InChI is InChI=1S/C11H16N4O2/c1-12-8-3-2-4-15(7-8)11(17)9-5-14-10(16)6-13-9/h5-6,8,12H,2-4,7H2,1H3,(H,14,16). The lowest BCUT2D eigenvalue weighted by atomic mass is 10.1.